The average Bonchev–Trinajstić information content (AvgIpc) is 2.66. The van der Waals surface area contributed by atoms with E-state index < -0.39 is 0 Å². The number of aryl methyl sites for hydroxylation is 2. The summed E-state index contributed by atoms with van der Waals surface area (Å²) < 4.78 is 0. The van der Waals surface area contributed by atoms with E-state index >= 15 is 0 Å². The average molecular weight is 366 g/mol. The van der Waals surface area contributed by atoms with Gasteiger partial charge in [-0.15, -0.1) is 24.0 Å². The van der Waals surface area contributed by atoms with Crippen LogP contribution in [0.4, 0.5) is 17.1 Å². The lowest BCUT2D eigenvalue weighted by Crippen LogP contribution is -2.24. The molecule has 0 radical (unpaired) electrons. The molecule has 1 aliphatic heterocycles. The van der Waals surface area contributed by atoms with Gasteiger partial charge in [-0.1, -0.05) is 18.2 Å². The van der Waals surface area contributed by atoms with Crippen molar-refractivity contribution in [3.63, 3.8) is 0 Å². The lowest BCUT2D eigenvalue weighted by Gasteiger charge is -2.20. The topological polar surface area (TPSA) is 6.48 Å². The van der Waals surface area contributed by atoms with E-state index in [2.05, 4.69) is 73.2 Å². The van der Waals surface area contributed by atoms with Crippen LogP contribution in [-0.4, -0.2) is 13.7 Å². The zero-order chi connectivity index (χ0) is 12.7. The van der Waals surface area contributed by atoms with Crippen molar-refractivity contribution in [2.24, 2.45) is 0 Å². The molecule has 0 N–H and O–H groups in total. The van der Waals surface area contributed by atoms with E-state index in [0.29, 0.717) is 0 Å². The van der Waals surface area contributed by atoms with E-state index in [0.717, 1.165) is 6.67 Å². The van der Waals surface area contributed by atoms with Crippen LogP contribution < -0.4 is 9.80 Å². The van der Waals surface area contributed by atoms with Gasteiger partial charge in [-0.25, -0.2) is 0 Å². The molecule has 0 saturated heterocycles. The quantitative estimate of drug-likeness (QED) is 0.688. The Balaban J connectivity index is 0.00000133. The molecule has 0 bridgehead atoms. The van der Waals surface area contributed by atoms with E-state index in [4.69, 9.17) is 0 Å². The second kappa shape index (κ2) is 5.41. The minimum absolute atomic E-state index is 0. The van der Waals surface area contributed by atoms with Crippen LogP contribution >= 0.6 is 24.0 Å². The van der Waals surface area contributed by atoms with Crippen LogP contribution in [0.1, 0.15) is 11.1 Å². The van der Waals surface area contributed by atoms with Crippen LogP contribution in [0.25, 0.3) is 0 Å². The maximum atomic E-state index is 2.37. The van der Waals surface area contributed by atoms with Crippen molar-refractivity contribution in [1.82, 2.24) is 0 Å². The highest BCUT2D eigenvalue weighted by Gasteiger charge is 2.23. The Morgan fingerprint density at radius 3 is 2.11 bits per heavy atom. The molecular formula is C16H19IN2. The smallest absolute Gasteiger partial charge is 0.0950 e. The van der Waals surface area contributed by atoms with Crippen molar-refractivity contribution in [2.75, 3.05) is 23.5 Å². The molecule has 3 rings (SSSR count). The van der Waals surface area contributed by atoms with Crippen LogP contribution in [0.2, 0.25) is 0 Å². The summed E-state index contributed by atoms with van der Waals surface area (Å²) in [6, 6.07) is 15.3. The van der Waals surface area contributed by atoms with Gasteiger partial charge >= 0.3 is 0 Å². The summed E-state index contributed by atoms with van der Waals surface area (Å²) in [6.45, 7) is 5.23. The first-order valence-corrected chi connectivity index (χ1v) is 6.31. The first-order chi connectivity index (χ1) is 8.65. The third-order valence-electron chi connectivity index (χ3n) is 3.46. The van der Waals surface area contributed by atoms with Crippen molar-refractivity contribution < 1.29 is 0 Å². The highest BCUT2D eigenvalue weighted by molar-refractivity contribution is 14.0. The molecule has 0 saturated carbocycles. The first kappa shape index (κ1) is 14.2. The number of para-hydroxylation sites is 2. The third kappa shape index (κ3) is 2.56. The monoisotopic (exact) mass is 366 g/mol. The fraction of sp³-hybridized carbons (Fsp3) is 0.250. The summed E-state index contributed by atoms with van der Waals surface area (Å²) in [5, 5.41) is 0. The van der Waals surface area contributed by atoms with Crippen LogP contribution in [0, 0.1) is 13.8 Å². The SMILES string of the molecule is Cc1cc(C)cc(N2CN(C)c3ccccc32)c1.I. The van der Waals surface area contributed by atoms with Crippen LogP contribution in [0.15, 0.2) is 42.5 Å². The third-order valence-corrected chi connectivity index (χ3v) is 3.46. The Morgan fingerprint density at radius 1 is 0.895 bits per heavy atom. The molecule has 2 nitrogen and oxygen atoms in total. The molecule has 0 fully saturated rings. The maximum Gasteiger partial charge on any atom is 0.0950 e. The predicted molar refractivity (Wildman–Crippen MR) is 93.2 cm³/mol. The number of benzene rings is 2. The molecule has 3 heteroatoms. The number of hydrogen-bond donors (Lipinski definition) is 0. The summed E-state index contributed by atoms with van der Waals surface area (Å²) >= 11 is 0. The Bertz CT molecular complexity index is 575. The molecule has 100 valence electrons. The van der Waals surface area contributed by atoms with Crippen molar-refractivity contribution in [2.45, 2.75) is 13.8 Å². The molecule has 0 amide bonds. The van der Waals surface area contributed by atoms with E-state index in [1.54, 1.807) is 0 Å². The zero-order valence-corrected chi connectivity index (χ0v) is 13.9. The largest absolute Gasteiger partial charge is 0.355 e. The maximum absolute atomic E-state index is 2.37. The highest BCUT2D eigenvalue weighted by atomic mass is 127. The fourth-order valence-electron chi connectivity index (χ4n) is 2.71. The van der Waals surface area contributed by atoms with E-state index in [-0.39, 0.29) is 24.0 Å². The number of nitrogens with zero attached hydrogens (tertiary/aromatic N) is 2. The summed E-state index contributed by atoms with van der Waals surface area (Å²) in [5.41, 5.74) is 6.51. The summed E-state index contributed by atoms with van der Waals surface area (Å²) in [6.07, 6.45) is 0. The van der Waals surface area contributed by atoms with Gasteiger partial charge < -0.3 is 9.80 Å². The van der Waals surface area contributed by atoms with E-state index in [1.165, 1.54) is 28.2 Å². The van der Waals surface area contributed by atoms with Gasteiger partial charge in [0, 0.05) is 12.7 Å². The molecule has 1 aliphatic rings. The molecule has 0 atom stereocenters. The number of rotatable bonds is 1. The number of fused-ring (bicyclic) bond motifs is 1. The zero-order valence-electron chi connectivity index (χ0n) is 11.6. The molecule has 0 spiro atoms. The second-order valence-electron chi connectivity index (χ2n) is 5.10. The Kier molecular flexibility index (Phi) is 4.04. The normalized spacial score (nSPS) is 13.2. The Morgan fingerprint density at radius 2 is 1.47 bits per heavy atom. The van der Waals surface area contributed by atoms with Crippen molar-refractivity contribution in [1.29, 1.82) is 0 Å². The van der Waals surface area contributed by atoms with Crippen molar-refractivity contribution in [3.05, 3.63) is 53.6 Å². The molecule has 19 heavy (non-hydrogen) atoms. The van der Waals surface area contributed by atoms with Crippen molar-refractivity contribution in [3.8, 4) is 0 Å². The number of halogens is 1. The molecule has 2 aromatic carbocycles. The van der Waals surface area contributed by atoms with E-state index in [9.17, 15) is 0 Å². The van der Waals surface area contributed by atoms with Gasteiger partial charge in [0.15, 0.2) is 0 Å². The molecular weight excluding hydrogens is 347 g/mol. The fourth-order valence-corrected chi connectivity index (χ4v) is 2.71. The van der Waals surface area contributed by atoms with Crippen LogP contribution in [0.5, 0.6) is 0 Å². The highest BCUT2D eigenvalue weighted by Crippen LogP contribution is 2.39. The van der Waals surface area contributed by atoms with Gasteiger partial charge in [0.1, 0.15) is 0 Å². The summed E-state index contributed by atoms with van der Waals surface area (Å²) in [5.74, 6) is 0. The van der Waals surface area contributed by atoms with E-state index in [1.807, 2.05) is 0 Å². The standard InChI is InChI=1S/C16H18N2.HI/c1-12-8-13(2)10-14(9-12)18-11-17(3)15-6-4-5-7-16(15)18;/h4-10H,11H2,1-3H3;1H. The Labute approximate surface area is 132 Å². The first-order valence-electron chi connectivity index (χ1n) is 6.31. The molecule has 1 heterocycles. The number of hydrogen-bond acceptors (Lipinski definition) is 2. The molecule has 0 aromatic heterocycles. The molecule has 2 aromatic rings. The predicted octanol–water partition coefficient (Wildman–Crippen LogP) is 4.47. The van der Waals surface area contributed by atoms with Gasteiger partial charge in [-0.05, 0) is 49.2 Å². The van der Waals surface area contributed by atoms with Gasteiger partial charge in [0.2, 0.25) is 0 Å². The molecule has 0 aliphatic carbocycles. The molecule has 0 unspecified atom stereocenters. The number of anilines is 3. The second-order valence-corrected chi connectivity index (χ2v) is 5.10. The minimum Gasteiger partial charge on any atom is -0.355 e. The van der Waals surface area contributed by atoms with Gasteiger partial charge in [0.25, 0.3) is 0 Å². The lowest BCUT2D eigenvalue weighted by atomic mass is 10.1. The van der Waals surface area contributed by atoms with Gasteiger partial charge in [-0.2, -0.15) is 0 Å². The summed E-state index contributed by atoms with van der Waals surface area (Å²) in [7, 11) is 2.14. The Hall–Kier alpha value is -1.23. The van der Waals surface area contributed by atoms with Gasteiger partial charge in [0.05, 0.1) is 18.0 Å². The van der Waals surface area contributed by atoms with Gasteiger partial charge in [-0.3, -0.25) is 0 Å². The van der Waals surface area contributed by atoms with Crippen LogP contribution in [-0.2, 0) is 0 Å². The summed E-state index contributed by atoms with van der Waals surface area (Å²) in [4.78, 5) is 4.66. The minimum atomic E-state index is 0. The lowest BCUT2D eigenvalue weighted by molar-refractivity contribution is 0.948. The van der Waals surface area contributed by atoms with Crippen molar-refractivity contribution >= 4 is 41.0 Å². The van der Waals surface area contributed by atoms with Crippen LogP contribution in [0.3, 0.4) is 0 Å².